The zero-order valence-electron chi connectivity index (χ0n) is 15.1. The maximum Gasteiger partial charge on any atom is 0.227 e. The molecule has 134 valence electrons. The molecule has 1 saturated heterocycles. The topological polar surface area (TPSA) is 75.2 Å². The lowest BCUT2D eigenvalue weighted by atomic mass is 10.1. The van der Waals surface area contributed by atoms with Crippen molar-refractivity contribution in [2.45, 2.75) is 33.2 Å². The van der Waals surface area contributed by atoms with Crippen molar-refractivity contribution in [2.24, 2.45) is 0 Å². The molecule has 1 fully saturated rings. The van der Waals surface area contributed by atoms with Crippen molar-refractivity contribution in [3.05, 3.63) is 41.1 Å². The smallest absolute Gasteiger partial charge is 0.227 e. The quantitative estimate of drug-likeness (QED) is 0.904. The Morgan fingerprint density at radius 2 is 1.84 bits per heavy atom. The number of aromatic nitrogens is 2. The van der Waals surface area contributed by atoms with Crippen LogP contribution in [0.5, 0.6) is 0 Å². The van der Waals surface area contributed by atoms with Crippen molar-refractivity contribution in [1.82, 2.24) is 9.97 Å². The first-order valence-corrected chi connectivity index (χ1v) is 10.2. The summed E-state index contributed by atoms with van der Waals surface area (Å²) in [5.41, 5.74) is 4.17. The molecule has 1 aliphatic rings. The van der Waals surface area contributed by atoms with E-state index in [1.807, 2.05) is 31.0 Å². The summed E-state index contributed by atoms with van der Waals surface area (Å²) in [6.45, 7) is 6.03. The van der Waals surface area contributed by atoms with Crippen LogP contribution in [0.2, 0.25) is 0 Å². The second-order valence-corrected chi connectivity index (χ2v) is 8.98. The fourth-order valence-corrected chi connectivity index (χ4v) is 4.93. The molecular formula is C18H24N4O2S. The number of rotatable bonds is 4. The second kappa shape index (κ2) is 6.63. The van der Waals surface area contributed by atoms with Gasteiger partial charge in [-0.1, -0.05) is 18.2 Å². The van der Waals surface area contributed by atoms with Gasteiger partial charge in [0.15, 0.2) is 9.84 Å². The van der Waals surface area contributed by atoms with Crippen LogP contribution in [0.4, 0.5) is 17.5 Å². The summed E-state index contributed by atoms with van der Waals surface area (Å²) in [6.07, 6.45) is 0.621. The van der Waals surface area contributed by atoms with Crippen LogP contribution in [0.25, 0.3) is 0 Å². The molecular weight excluding hydrogens is 336 g/mol. The van der Waals surface area contributed by atoms with Crippen molar-refractivity contribution in [2.75, 3.05) is 28.8 Å². The van der Waals surface area contributed by atoms with Gasteiger partial charge in [0.05, 0.1) is 11.5 Å². The molecule has 1 unspecified atom stereocenters. The number of sulfone groups is 1. The van der Waals surface area contributed by atoms with E-state index in [1.165, 1.54) is 0 Å². The molecule has 2 heterocycles. The van der Waals surface area contributed by atoms with Gasteiger partial charge in [0.2, 0.25) is 5.95 Å². The molecule has 1 aliphatic heterocycles. The first-order chi connectivity index (χ1) is 11.7. The van der Waals surface area contributed by atoms with Crippen LogP contribution in [0.3, 0.4) is 0 Å². The lowest BCUT2D eigenvalue weighted by molar-refractivity contribution is 0.600. The summed E-state index contributed by atoms with van der Waals surface area (Å²) in [5.74, 6) is 1.67. The largest absolute Gasteiger partial charge is 0.340 e. The van der Waals surface area contributed by atoms with Crippen LogP contribution >= 0.6 is 0 Å². The molecule has 25 heavy (non-hydrogen) atoms. The first kappa shape index (κ1) is 17.7. The highest BCUT2D eigenvalue weighted by molar-refractivity contribution is 7.91. The zero-order chi connectivity index (χ0) is 18.2. The Hall–Kier alpha value is -2.15. The SMILES string of the molecule is Cc1cc(Nc2c(C)cccc2C)nc(N(C)C2CCS(=O)(=O)C2)n1. The predicted octanol–water partition coefficient (Wildman–Crippen LogP) is 2.77. The van der Waals surface area contributed by atoms with E-state index in [1.54, 1.807) is 0 Å². The van der Waals surface area contributed by atoms with Crippen LogP contribution in [-0.2, 0) is 9.84 Å². The molecule has 6 nitrogen and oxygen atoms in total. The summed E-state index contributed by atoms with van der Waals surface area (Å²) < 4.78 is 23.5. The molecule has 0 spiro atoms. The minimum Gasteiger partial charge on any atom is -0.340 e. The van der Waals surface area contributed by atoms with E-state index in [0.29, 0.717) is 18.2 Å². The third-order valence-corrected chi connectivity index (χ3v) is 6.40. The number of aryl methyl sites for hydroxylation is 3. The van der Waals surface area contributed by atoms with Crippen molar-refractivity contribution >= 4 is 27.3 Å². The second-order valence-electron chi connectivity index (χ2n) is 6.75. The third-order valence-electron chi connectivity index (χ3n) is 4.65. The molecule has 2 aromatic rings. The van der Waals surface area contributed by atoms with Gasteiger partial charge in [0.25, 0.3) is 0 Å². The summed E-state index contributed by atoms with van der Waals surface area (Å²) >= 11 is 0. The fraction of sp³-hybridized carbons (Fsp3) is 0.444. The Kier molecular flexibility index (Phi) is 4.69. The van der Waals surface area contributed by atoms with Crippen LogP contribution in [0.15, 0.2) is 24.3 Å². The molecule has 0 bridgehead atoms. The maximum atomic E-state index is 11.7. The van der Waals surface area contributed by atoms with Gasteiger partial charge in [-0.05, 0) is 38.3 Å². The summed E-state index contributed by atoms with van der Waals surface area (Å²) in [6, 6.07) is 7.97. The highest BCUT2D eigenvalue weighted by Gasteiger charge is 2.31. The summed E-state index contributed by atoms with van der Waals surface area (Å²) in [4.78, 5) is 11.0. The van der Waals surface area contributed by atoms with E-state index in [0.717, 1.165) is 22.5 Å². The Morgan fingerprint density at radius 1 is 1.16 bits per heavy atom. The van der Waals surface area contributed by atoms with E-state index in [9.17, 15) is 8.42 Å². The van der Waals surface area contributed by atoms with Gasteiger partial charge in [0, 0.05) is 30.5 Å². The van der Waals surface area contributed by atoms with Gasteiger partial charge in [0.1, 0.15) is 5.82 Å². The molecule has 1 atom stereocenters. The van der Waals surface area contributed by atoms with Crippen LogP contribution < -0.4 is 10.2 Å². The Labute approximate surface area is 149 Å². The lowest BCUT2D eigenvalue weighted by Crippen LogP contribution is -2.34. The number of nitrogens with one attached hydrogen (secondary N) is 1. The van der Waals surface area contributed by atoms with Gasteiger partial charge < -0.3 is 10.2 Å². The molecule has 0 radical (unpaired) electrons. The van der Waals surface area contributed by atoms with Crippen molar-refractivity contribution in [1.29, 1.82) is 0 Å². The van der Waals surface area contributed by atoms with E-state index >= 15 is 0 Å². The number of hydrogen-bond acceptors (Lipinski definition) is 6. The first-order valence-electron chi connectivity index (χ1n) is 8.37. The molecule has 7 heteroatoms. The zero-order valence-corrected chi connectivity index (χ0v) is 15.9. The fourth-order valence-electron chi connectivity index (χ4n) is 3.16. The van der Waals surface area contributed by atoms with Crippen LogP contribution in [-0.4, -0.2) is 43.0 Å². The number of nitrogens with zero attached hydrogens (tertiary/aromatic N) is 3. The number of hydrogen-bond donors (Lipinski definition) is 1. The van der Waals surface area contributed by atoms with Crippen molar-refractivity contribution < 1.29 is 8.42 Å². The molecule has 0 aliphatic carbocycles. The minimum absolute atomic E-state index is 0.0696. The molecule has 1 aromatic carbocycles. The average Bonchev–Trinajstić information content (AvgIpc) is 2.90. The normalized spacial score (nSPS) is 19.0. The number of anilines is 3. The van der Waals surface area contributed by atoms with Gasteiger partial charge in [-0.25, -0.2) is 13.4 Å². The standard InChI is InChI=1S/C18H24N4O2S/c1-12-6-5-7-13(2)17(12)20-16-10-14(3)19-18(21-16)22(4)15-8-9-25(23,24)11-15/h5-7,10,15H,8-9,11H2,1-4H3,(H,19,20,21). The van der Waals surface area contributed by atoms with Crippen LogP contribution in [0.1, 0.15) is 23.2 Å². The number of para-hydroxylation sites is 1. The number of benzene rings is 1. The monoisotopic (exact) mass is 360 g/mol. The van der Waals surface area contributed by atoms with Crippen molar-refractivity contribution in [3.63, 3.8) is 0 Å². The molecule has 0 amide bonds. The highest BCUT2D eigenvalue weighted by atomic mass is 32.2. The Balaban J connectivity index is 1.88. The average molecular weight is 360 g/mol. The summed E-state index contributed by atoms with van der Waals surface area (Å²) in [7, 11) is -1.08. The van der Waals surface area contributed by atoms with E-state index in [-0.39, 0.29) is 17.5 Å². The van der Waals surface area contributed by atoms with E-state index in [4.69, 9.17) is 0 Å². The molecule has 0 saturated carbocycles. The van der Waals surface area contributed by atoms with Gasteiger partial charge in [-0.3, -0.25) is 0 Å². The predicted molar refractivity (Wildman–Crippen MR) is 101 cm³/mol. The minimum atomic E-state index is -2.94. The highest BCUT2D eigenvalue weighted by Crippen LogP contribution is 2.26. The molecule has 1 aromatic heterocycles. The molecule has 3 rings (SSSR count). The van der Waals surface area contributed by atoms with Gasteiger partial charge in [-0.2, -0.15) is 4.98 Å². The Bertz CT molecular complexity index is 876. The Morgan fingerprint density at radius 3 is 2.44 bits per heavy atom. The van der Waals surface area contributed by atoms with Crippen LogP contribution in [0, 0.1) is 20.8 Å². The van der Waals surface area contributed by atoms with Gasteiger partial charge in [-0.15, -0.1) is 0 Å². The van der Waals surface area contributed by atoms with E-state index in [2.05, 4.69) is 41.3 Å². The van der Waals surface area contributed by atoms with Gasteiger partial charge >= 0.3 is 0 Å². The lowest BCUT2D eigenvalue weighted by Gasteiger charge is -2.24. The molecule has 1 N–H and O–H groups in total. The van der Waals surface area contributed by atoms with E-state index < -0.39 is 9.84 Å². The summed E-state index contributed by atoms with van der Waals surface area (Å²) in [5, 5.41) is 3.39. The van der Waals surface area contributed by atoms with Crippen molar-refractivity contribution in [3.8, 4) is 0 Å². The third kappa shape index (κ3) is 3.92. The maximum absolute atomic E-state index is 11.7.